The third-order valence-electron chi connectivity index (χ3n) is 13.5. The molecule has 2 N–H and O–H groups in total. The predicted molar refractivity (Wildman–Crippen MR) is 233 cm³/mol. The Morgan fingerprint density at radius 1 is 0.452 bits per heavy atom. The summed E-state index contributed by atoms with van der Waals surface area (Å²) >= 11 is 0. The molecule has 4 heterocycles. The summed E-state index contributed by atoms with van der Waals surface area (Å²) in [5.41, 5.74) is 4.63. The van der Waals surface area contributed by atoms with Gasteiger partial charge in [-0.25, -0.2) is 0 Å². The number of nitrogens with one attached hydrogen (secondary N) is 2. The third-order valence-corrected chi connectivity index (χ3v) is 13.5. The number of para-hydroxylation sites is 2. The van der Waals surface area contributed by atoms with Gasteiger partial charge in [-0.3, -0.25) is 48.5 Å². The van der Waals surface area contributed by atoms with E-state index in [1.165, 1.54) is 9.80 Å². The van der Waals surface area contributed by atoms with E-state index in [-0.39, 0.29) is 82.8 Å². The average Bonchev–Trinajstić information content (AvgIpc) is 4.17. The fourth-order valence-electron chi connectivity index (χ4n) is 10.6. The first-order chi connectivity index (χ1) is 30.2. The van der Waals surface area contributed by atoms with Gasteiger partial charge in [-0.2, -0.15) is 0 Å². The molecule has 6 aliphatic rings. The number of amides is 6. The standard InChI is InChI=1S/2C25H19N3O3/c2*29-23(27-19-5-1-3-14-4-2-12-26-22(14)19)15-8-10-18(11-9-15)28-24(30)20-16-6-7-17(13-16)21(20)25(28)31/h2*1-12,16-17,20-21H,13H2,(H,27,29)/t2*16-,17+,20-,21+. The number of pyridine rings is 2. The molecule has 4 aliphatic carbocycles. The topological polar surface area (TPSA) is 159 Å². The maximum absolute atomic E-state index is 13.0. The van der Waals surface area contributed by atoms with Crippen molar-refractivity contribution in [1.29, 1.82) is 0 Å². The molecule has 2 saturated carbocycles. The summed E-state index contributed by atoms with van der Waals surface area (Å²) in [6, 6.07) is 32.1. The van der Waals surface area contributed by atoms with E-state index in [9.17, 15) is 28.8 Å². The van der Waals surface area contributed by atoms with Crippen LogP contribution in [0.4, 0.5) is 22.7 Å². The number of allylic oxidation sites excluding steroid dienone is 4. The number of benzene rings is 4. The summed E-state index contributed by atoms with van der Waals surface area (Å²) in [6.07, 6.45) is 13.5. The molecule has 4 aromatic carbocycles. The maximum Gasteiger partial charge on any atom is 0.255 e. The Hall–Kier alpha value is -7.60. The van der Waals surface area contributed by atoms with Crippen LogP contribution in [-0.4, -0.2) is 45.4 Å². The van der Waals surface area contributed by atoms with Crippen LogP contribution in [0.2, 0.25) is 0 Å². The smallest absolute Gasteiger partial charge is 0.255 e. The van der Waals surface area contributed by atoms with Crippen molar-refractivity contribution in [1.82, 2.24) is 9.97 Å². The van der Waals surface area contributed by atoms with Gasteiger partial charge >= 0.3 is 0 Å². The number of carbonyl (C=O) groups excluding carboxylic acids is 6. The fourth-order valence-corrected chi connectivity index (χ4v) is 10.6. The second kappa shape index (κ2) is 14.5. The minimum absolute atomic E-state index is 0.120. The molecule has 0 unspecified atom stereocenters. The minimum Gasteiger partial charge on any atom is -0.320 e. The van der Waals surface area contributed by atoms with Crippen molar-refractivity contribution in [2.75, 3.05) is 20.4 Å². The van der Waals surface area contributed by atoms with Crippen molar-refractivity contribution in [3.63, 3.8) is 0 Å². The van der Waals surface area contributed by atoms with E-state index in [0.29, 0.717) is 33.9 Å². The molecule has 12 rings (SSSR count). The SMILES string of the molecule is O=C(Nc1cccc2cccnc12)c1ccc(N2C(=O)[C@@H]3[C@H](C2=O)[C@@H]2C=C[C@H]3C2)cc1.O=C(Nc1cccc2cccnc12)c1ccc(N2C(=O)[C@@H]3[C@H](C2=O)[C@@H]2C=C[C@H]3C2)cc1. The van der Waals surface area contributed by atoms with Gasteiger partial charge in [-0.15, -0.1) is 0 Å². The zero-order chi connectivity index (χ0) is 42.2. The molecule has 12 nitrogen and oxygen atoms in total. The first-order valence-corrected chi connectivity index (χ1v) is 20.9. The van der Waals surface area contributed by atoms with Gasteiger partial charge in [0.25, 0.3) is 11.8 Å². The normalized spacial score (nSPS) is 26.0. The van der Waals surface area contributed by atoms with Gasteiger partial charge in [0.05, 0.1) is 57.5 Å². The van der Waals surface area contributed by atoms with Crippen LogP contribution in [-0.2, 0) is 19.2 Å². The van der Waals surface area contributed by atoms with Crippen molar-refractivity contribution in [3.05, 3.63) is 157 Å². The Labute approximate surface area is 355 Å². The molecular formula is C50H38N6O6. The Balaban J connectivity index is 0.000000139. The lowest BCUT2D eigenvalue weighted by Gasteiger charge is -2.17. The molecule has 304 valence electrons. The van der Waals surface area contributed by atoms with E-state index in [0.717, 1.165) is 34.6 Å². The quantitative estimate of drug-likeness (QED) is 0.129. The third kappa shape index (κ3) is 5.96. The zero-order valence-corrected chi connectivity index (χ0v) is 33.1. The number of fused-ring (bicyclic) bond motifs is 12. The molecular weight excluding hydrogens is 781 g/mol. The summed E-state index contributed by atoms with van der Waals surface area (Å²) in [5.74, 6) is -1.25. The van der Waals surface area contributed by atoms with Gasteiger partial charge in [0.2, 0.25) is 23.6 Å². The van der Waals surface area contributed by atoms with Crippen LogP contribution in [0.1, 0.15) is 33.6 Å². The summed E-state index contributed by atoms with van der Waals surface area (Å²) in [6.45, 7) is 0. The number of nitrogens with zero attached hydrogens (tertiary/aromatic N) is 4. The van der Waals surface area contributed by atoms with Gasteiger partial charge < -0.3 is 10.6 Å². The highest BCUT2D eigenvalue weighted by molar-refractivity contribution is 6.24. The molecule has 6 aromatic rings. The van der Waals surface area contributed by atoms with E-state index in [4.69, 9.17) is 0 Å². The minimum atomic E-state index is -0.275. The highest BCUT2D eigenvalue weighted by Gasteiger charge is 2.60. The molecule has 4 bridgehead atoms. The van der Waals surface area contributed by atoms with Crippen molar-refractivity contribution >= 4 is 80.0 Å². The van der Waals surface area contributed by atoms with Crippen molar-refractivity contribution in [3.8, 4) is 0 Å². The number of hydrogen-bond donors (Lipinski definition) is 2. The molecule has 62 heavy (non-hydrogen) atoms. The molecule has 2 saturated heterocycles. The first kappa shape index (κ1) is 37.4. The van der Waals surface area contributed by atoms with Crippen molar-refractivity contribution in [2.24, 2.45) is 47.3 Å². The zero-order valence-electron chi connectivity index (χ0n) is 33.1. The molecule has 8 atom stereocenters. The molecule has 12 heteroatoms. The summed E-state index contributed by atoms with van der Waals surface area (Å²) in [4.78, 5) is 88.7. The Morgan fingerprint density at radius 3 is 1.15 bits per heavy atom. The van der Waals surface area contributed by atoms with E-state index in [1.54, 1.807) is 60.9 Å². The van der Waals surface area contributed by atoms with E-state index in [2.05, 4.69) is 44.9 Å². The molecule has 4 fully saturated rings. The van der Waals surface area contributed by atoms with Crippen LogP contribution >= 0.6 is 0 Å². The van der Waals surface area contributed by atoms with E-state index < -0.39 is 0 Å². The number of aromatic nitrogens is 2. The fraction of sp³-hybridized carbons (Fsp3) is 0.200. The molecule has 2 aliphatic heterocycles. The lowest BCUT2D eigenvalue weighted by molar-refractivity contribution is -0.124. The second-order valence-electron chi connectivity index (χ2n) is 16.8. The average molecular weight is 819 g/mol. The number of hydrogen-bond acceptors (Lipinski definition) is 8. The lowest BCUT2D eigenvalue weighted by Crippen LogP contribution is -2.32. The maximum atomic E-state index is 13.0. The van der Waals surface area contributed by atoms with Crippen LogP contribution in [0.5, 0.6) is 0 Å². The molecule has 2 aromatic heterocycles. The Bertz CT molecular complexity index is 2690. The lowest BCUT2D eigenvalue weighted by atomic mass is 9.85. The van der Waals surface area contributed by atoms with Crippen LogP contribution in [0.25, 0.3) is 21.8 Å². The van der Waals surface area contributed by atoms with Gasteiger partial charge in [0.1, 0.15) is 0 Å². The number of carbonyl (C=O) groups is 6. The predicted octanol–water partition coefficient (Wildman–Crippen LogP) is 7.60. The van der Waals surface area contributed by atoms with Crippen LogP contribution in [0.15, 0.2) is 146 Å². The highest BCUT2D eigenvalue weighted by atomic mass is 16.2. The molecule has 0 spiro atoms. The summed E-state index contributed by atoms with van der Waals surface area (Å²) in [7, 11) is 0. The highest BCUT2D eigenvalue weighted by Crippen LogP contribution is 2.54. The van der Waals surface area contributed by atoms with Crippen molar-refractivity contribution < 1.29 is 28.8 Å². The number of imide groups is 2. The van der Waals surface area contributed by atoms with Crippen LogP contribution in [0, 0.1) is 47.3 Å². The number of rotatable bonds is 6. The summed E-state index contributed by atoms with van der Waals surface area (Å²) in [5, 5.41) is 7.69. The molecule has 0 radical (unpaired) electrons. The van der Waals surface area contributed by atoms with Gasteiger partial charge in [-0.1, -0.05) is 60.7 Å². The molecule has 6 amide bonds. The van der Waals surface area contributed by atoms with E-state index >= 15 is 0 Å². The number of anilines is 4. The van der Waals surface area contributed by atoms with E-state index in [1.807, 2.05) is 60.7 Å². The van der Waals surface area contributed by atoms with Crippen LogP contribution < -0.4 is 20.4 Å². The first-order valence-electron chi connectivity index (χ1n) is 20.9. The Morgan fingerprint density at radius 2 is 0.790 bits per heavy atom. The summed E-state index contributed by atoms with van der Waals surface area (Å²) < 4.78 is 0. The van der Waals surface area contributed by atoms with Crippen molar-refractivity contribution in [2.45, 2.75) is 12.8 Å². The van der Waals surface area contributed by atoms with Crippen LogP contribution in [0.3, 0.4) is 0 Å². The largest absolute Gasteiger partial charge is 0.320 e. The van der Waals surface area contributed by atoms with Gasteiger partial charge in [0.15, 0.2) is 0 Å². The van der Waals surface area contributed by atoms with Gasteiger partial charge in [-0.05, 0) is 109 Å². The monoisotopic (exact) mass is 818 g/mol. The Kier molecular flexibility index (Phi) is 8.78. The second-order valence-corrected chi connectivity index (χ2v) is 16.8. The van der Waals surface area contributed by atoms with Gasteiger partial charge in [0, 0.05) is 34.3 Å².